The van der Waals surface area contributed by atoms with Crippen molar-refractivity contribution < 1.29 is 28.7 Å². The van der Waals surface area contributed by atoms with Crippen LogP contribution in [-0.4, -0.2) is 41.9 Å². The van der Waals surface area contributed by atoms with Crippen molar-refractivity contribution in [1.29, 1.82) is 0 Å². The van der Waals surface area contributed by atoms with Crippen molar-refractivity contribution >= 4 is 29.3 Å². The summed E-state index contributed by atoms with van der Waals surface area (Å²) in [6.45, 7) is 4.12. The van der Waals surface area contributed by atoms with Crippen LogP contribution >= 0.6 is 0 Å². The van der Waals surface area contributed by atoms with Crippen LogP contribution in [0.1, 0.15) is 50.5 Å². The third-order valence-corrected chi connectivity index (χ3v) is 6.38. The summed E-state index contributed by atoms with van der Waals surface area (Å²) in [7, 11) is 1.63. The van der Waals surface area contributed by atoms with Crippen LogP contribution in [0.3, 0.4) is 0 Å². The first-order chi connectivity index (χ1) is 17.3. The first kappa shape index (κ1) is 24.9. The summed E-state index contributed by atoms with van der Waals surface area (Å²) in [5.74, 6) is -0.795. The fourth-order valence-corrected chi connectivity index (χ4v) is 4.39. The number of imide groups is 1. The van der Waals surface area contributed by atoms with Gasteiger partial charge in [0.05, 0.1) is 18.4 Å². The second-order valence-corrected chi connectivity index (χ2v) is 8.71. The van der Waals surface area contributed by atoms with E-state index in [1.165, 1.54) is 12.1 Å². The Kier molecular flexibility index (Phi) is 7.33. The van der Waals surface area contributed by atoms with E-state index in [0.29, 0.717) is 17.8 Å². The first-order valence-corrected chi connectivity index (χ1v) is 11.7. The third-order valence-electron chi connectivity index (χ3n) is 6.38. The smallest absolute Gasteiger partial charge is 0.338 e. The Morgan fingerprint density at radius 1 is 0.944 bits per heavy atom. The highest BCUT2D eigenvalue weighted by atomic mass is 16.5. The Labute approximate surface area is 209 Å². The lowest BCUT2D eigenvalue weighted by Crippen LogP contribution is -2.28. The molecule has 0 atom stereocenters. The van der Waals surface area contributed by atoms with E-state index in [9.17, 15) is 19.2 Å². The van der Waals surface area contributed by atoms with Crippen LogP contribution in [0.5, 0.6) is 5.75 Å². The monoisotopic (exact) mass is 488 g/mol. The van der Waals surface area contributed by atoms with Gasteiger partial charge in [-0.2, -0.15) is 0 Å². The second-order valence-electron chi connectivity index (χ2n) is 8.71. The van der Waals surface area contributed by atoms with Crippen molar-refractivity contribution in [2.45, 2.75) is 39.7 Å². The predicted molar refractivity (Wildman–Crippen MR) is 133 cm³/mol. The highest BCUT2D eigenvalue weighted by Gasteiger charge is 2.30. The van der Waals surface area contributed by atoms with E-state index in [4.69, 9.17) is 9.47 Å². The van der Waals surface area contributed by atoms with Crippen LogP contribution in [0.2, 0.25) is 0 Å². The van der Waals surface area contributed by atoms with Crippen LogP contribution in [-0.2, 0) is 27.3 Å². The number of ketones is 1. The summed E-state index contributed by atoms with van der Waals surface area (Å²) < 4.78 is 12.5. The standard InChI is InChI=1S/C28H28N2O6/c1-18-15-24(19(2)29(18)14-13-20-7-9-23(35-3)10-8-20)25(31)17-36-28(34)21-5-4-6-22(16-21)30-26(32)11-12-27(30)33/h4-10,15-16H,11-14,17H2,1-3H3. The van der Waals surface area contributed by atoms with E-state index in [2.05, 4.69) is 4.57 Å². The lowest BCUT2D eigenvalue weighted by molar-refractivity contribution is -0.121. The molecule has 0 spiro atoms. The topological polar surface area (TPSA) is 94.9 Å². The number of esters is 1. The molecule has 2 heterocycles. The van der Waals surface area contributed by atoms with Crippen molar-refractivity contribution in [3.8, 4) is 5.75 Å². The molecule has 36 heavy (non-hydrogen) atoms. The van der Waals surface area contributed by atoms with Crippen molar-refractivity contribution in [1.82, 2.24) is 4.57 Å². The lowest BCUT2D eigenvalue weighted by Gasteiger charge is -2.14. The van der Waals surface area contributed by atoms with Gasteiger partial charge in [0.2, 0.25) is 17.6 Å². The molecular formula is C28H28N2O6. The molecule has 1 aliphatic heterocycles. The molecule has 1 aliphatic rings. The van der Waals surface area contributed by atoms with Gasteiger partial charge in [-0.25, -0.2) is 4.79 Å². The van der Waals surface area contributed by atoms with Gasteiger partial charge in [0.1, 0.15) is 5.75 Å². The molecule has 2 aromatic carbocycles. The molecule has 0 radical (unpaired) electrons. The summed E-state index contributed by atoms with van der Waals surface area (Å²) >= 11 is 0. The van der Waals surface area contributed by atoms with Gasteiger partial charge < -0.3 is 14.0 Å². The van der Waals surface area contributed by atoms with Gasteiger partial charge in [-0.15, -0.1) is 0 Å². The number of anilines is 1. The van der Waals surface area contributed by atoms with E-state index in [-0.39, 0.29) is 36.0 Å². The number of hydrogen-bond donors (Lipinski definition) is 0. The molecule has 0 bridgehead atoms. The highest BCUT2D eigenvalue weighted by molar-refractivity contribution is 6.20. The maximum atomic E-state index is 12.9. The van der Waals surface area contributed by atoms with Crippen LogP contribution in [0, 0.1) is 13.8 Å². The summed E-state index contributed by atoms with van der Waals surface area (Å²) in [6, 6.07) is 15.8. The summed E-state index contributed by atoms with van der Waals surface area (Å²) in [5, 5.41) is 0. The number of rotatable bonds is 9. The fourth-order valence-electron chi connectivity index (χ4n) is 4.39. The molecule has 4 rings (SSSR count). The van der Waals surface area contributed by atoms with Gasteiger partial charge in [-0.3, -0.25) is 19.3 Å². The molecule has 2 amide bonds. The fraction of sp³-hybridized carbons (Fsp3) is 0.286. The summed E-state index contributed by atoms with van der Waals surface area (Å²) in [5.41, 5.74) is 3.92. The zero-order chi connectivity index (χ0) is 25.8. The summed E-state index contributed by atoms with van der Waals surface area (Å²) in [6.07, 6.45) is 1.10. The number of aryl methyl sites for hydroxylation is 2. The number of aromatic nitrogens is 1. The Hall–Kier alpha value is -4.20. The number of carbonyl (C=O) groups is 4. The average molecular weight is 489 g/mol. The van der Waals surface area contributed by atoms with E-state index >= 15 is 0 Å². The number of ether oxygens (including phenoxy) is 2. The molecule has 186 valence electrons. The molecule has 1 aromatic heterocycles. The van der Waals surface area contributed by atoms with Crippen LogP contribution < -0.4 is 9.64 Å². The van der Waals surface area contributed by atoms with Crippen LogP contribution in [0.15, 0.2) is 54.6 Å². The minimum absolute atomic E-state index is 0.153. The van der Waals surface area contributed by atoms with Crippen molar-refractivity contribution in [2.75, 3.05) is 18.6 Å². The van der Waals surface area contributed by atoms with Gasteiger partial charge in [-0.05, 0) is 62.2 Å². The first-order valence-electron chi connectivity index (χ1n) is 11.7. The Morgan fingerprint density at radius 2 is 1.64 bits per heavy atom. The predicted octanol–water partition coefficient (Wildman–Crippen LogP) is 4.05. The number of carbonyl (C=O) groups excluding carboxylic acids is 4. The highest BCUT2D eigenvalue weighted by Crippen LogP contribution is 2.24. The maximum absolute atomic E-state index is 12.9. The Balaban J connectivity index is 1.39. The summed E-state index contributed by atoms with van der Waals surface area (Å²) in [4.78, 5) is 50.5. The number of hydrogen-bond acceptors (Lipinski definition) is 6. The zero-order valence-electron chi connectivity index (χ0n) is 20.6. The van der Waals surface area contributed by atoms with Gasteiger partial charge in [-0.1, -0.05) is 18.2 Å². The normalized spacial score (nSPS) is 13.2. The molecule has 3 aromatic rings. The second kappa shape index (κ2) is 10.6. The van der Waals surface area contributed by atoms with Gasteiger partial charge >= 0.3 is 5.97 Å². The molecule has 0 unspecified atom stereocenters. The van der Waals surface area contributed by atoms with Crippen molar-refractivity contribution in [3.63, 3.8) is 0 Å². The Morgan fingerprint density at radius 3 is 2.31 bits per heavy atom. The van der Waals surface area contributed by atoms with Crippen molar-refractivity contribution in [3.05, 3.63) is 82.7 Å². The molecule has 0 N–H and O–H groups in total. The molecule has 1 fully saturated rings. The maximum Gasteiger partial charge on any atom is 0.338 e. The van der Waals surface area contributed by atoms with Crippen LogP contribution in [0.4, 0.5) is 5.69 Å². The largest absolute Gasteiger partial charge is 0.497 e. The van der Waals surface area contributed by atoms with Gasteiger partial charge in [0.15, 0.2) is 6.61 Å². The van der Waals surface area contributed by atoms with E-state index in [1.807, 2.05) is 44.2 Å². The van der Waals surface area contributed by atoms with E-state index < -0.39 is 12.6 Å². The number of benzene rings is 2. The van der Waals surface area contributed by atoms with E-state index in [1.54, 1.807) is 19.2 Å². The third kappa shape index (κ3) is 5.22. The SMILES string of the molecule is COc1ccc(CCn2c(C)cc(C(=O)COC(=O)c3cccc(N4C(=O)CCC4=O)c3)c2C)cc1. The molecule has 0 saturated carbocycles. The Bertz CT molecular complexity index is 1310. The number of Topliss-reactive ketones (excluding diaryl/α,β-unsaturated/α-hetero) is 1. The number of methoxy groups -OCH3 is 1. The minimum atomic E-state index is -0.697. The molecule has 1 saturated heterocycles. The van der Waals surface area contributed by atoms with Gasteiger partial charge in [0, 0.05) is 36.3 Å². The quantitative estimate of drug-likeness (QED) is 0.256. The average Bonchev–Trinajstić information content (AvgIpc) is 3.37. The minimum Gasteiger partial charge on any atom is -0.497 e. The van der Waals surface area contributed by atoms with E-state index in [0.717, 1.165) is 34.0 Å². The molecule has 8 heteroatoms. The molecular weight excluding hydrogens is 460 g/mol. The molecule has 0 aliphatic carbocycles. The number of amides is 2. The lowest BCUT2D eigenvalue weighted by atomic mass is 10.1. The zero-order valence-corrected chi connectivity index (χ0v) is 20.6. The van der Waals surface area contributed by atoms with Crippen molar-refractivity contribution in [2.24, 2.45) is 0 Å². The van der Waals surface area contributed by atoms with Gasteiger partial charge in [0.25, 0.3) is 0 Å². The van der Waals surface area contributed by atoms with Crippen LogP contribution in [0.25, 0.3) is 0 Å². The number of nitrogens with zero attached hydrogens (tertiary/aromatic N) is 2. The molecule has 8 nitrogen and oxygen atoms in total.